The first-order chi connectivity index (χ1) is 8.11. The van der Waals surface area contributed by atoms with Gasteiger partial charge in [0.25, 0.3) is 0 Å². The first-order valence-electron chi connectivity index (χ1n) is 5.36. The molecule has 2 unspecified atom stereocenters. The van der Waals surface area contributed by atoms with E-state index in [9.17, 15) is 9.46 Å². The lowest BCUT2D eigenvalue weighted by Gasteiger charge is -2.22. The topological polar surface area (TPSA) is 76.0 Å². The van der Waals surface area contributed by atoms with Crippen LogP contribution in [0.25, 0.3) is 0 Å². The summed E-state index contributed by atoms with van der Waals surface area (Å²) in [6, 6.07) is 8.66. The molecule has 0 aromatic heterocycles. The maximum Gasteiger partial charge on any atom is 0.361 e. The van der Waals surface area contributed by atoms with Crippen LogP contribution in [-0.4, -0.2) is 29.8 Å². The summed E-state index contributed by atoms with van der Waals surface area (Å²) >= 11 is 0. The van der Waals surface area contributed by atoms with E-state index in [2.05, 4.69) is 0 Å². The molecule has 96 valence electrons. The molecular weight excluding hydrogens is 243 g/mol. The Bertz CT molecular complexity index is 367. The molecule has 1 rings (SSSR count). The number of aliphatic hydroxyl groups excluding tert-OH is 1. The number of benzene rings is 1. The monoisotopic (exact) mass is 260 g/mol. The van der Waals surface area contributed by atoms with Crippen molar-refractivity contribution in [1.29, 1.82) is 0 Å². The zero-order valence-electron chi connectivity index (χ0n) is 9.65. The van der Waals surface area contributed by atoms with Gasteiger partial charge in [0.15, 0.2) is 5.85 Å². The summed E-state index contributed by atoms with van der Waals surface area (Å²) in [6.07, 6.45) is 0. The van der Waals surface area contributed by atoms with Gasteiger partial charge in [-0.3, -0.25) is 4.57 Å². The van der Waals surface area contributed by atoms with Crippen molar-refractivity contribution in [2.75, 3.05) is 19.8 Å². The molecule has 5 nitrogen and oxygen atoms in total. The Labute approximate surface area is 101 Å². The highest BCUT2D eigenvalue weighted by atomic mass is 31.2. The predicted octanol–water partition coefficient (Wildman–Crippen LogP) is 1.92. The van der Waals surface area contributed by atoms with Crippen LogP contribution in [0.2, 0.25) is 0 Å². The van der Waals surface area contributed by atoms with Gasteiger partial charge >= 0.3 is 7.60 Å². The maximum absolute atomic E-state index is 11.9. The summed E-state index contributed by atoms with van der Waals surface area (Å²) in [5.41, 5.74) is 0.556. The summed E-state index contributed by atoms with van der Waals surface area (Å²) in [7, 11) is -3.89. The van der Waals surface area contributed by atoms with Crippen molar-refractivity contribution < 1.29 is 23.8 Å². The fourth-order valence-corrected chi connectivity index (χ4v) is 2.76. The second-order valence-electron chi connectivity index (χ2n) is 3.34. The Hall–Kier alpha value is -0.710. The third-order valence-electron chi connectivity index (χ3n) is 2.06. The zero-order valence-corrected chi connectivity index (χ0v) is 10.5. The highest BCUT2D eigenvalue weighted by Gasteiger charge is 2.34. The number of hydrogen-bond donors (Lipinski definition) is 2. The van der Waals surface area contributed by atoms with Crippen molar-refractivity contribution in [2.24, 2.45) is 0 Å². The van der Waals surface area contributed by atoms with E-state index >= 15 is 0 Å². The van der Waals surface area contributed by atoms with Crippen LogP contribution < -0.4 is 0 Å². The van der Waals surface area contributed by atoms with Crippen LogP contribution in [0.15, 0.2) is 30.3 Å². The number of aliphatic hydroxyl groups is 1. The minimum absolute atomic E-state index is 0.0167. The molecule has 0 aliphatic rings. The summed E-state index contributed by atoms with van der Waals surface area (Å²) in [4.78, 5) is 9.78. The van der Waals surface area contributed by atoms with Crippen molar-refractivity contribution >= 4 is 7.60 Å². The third kappa shape index (κ3) is 4.22. The van der Waals surface area contributed by atoms with Crippen molar-refractivity contribution in [1.82, 2.24) is 0 Å². The average molecular weight is 260 g/mol. The molecular formula is C11H17O5P. The lowest BCUT2D eigenvalue weighted by Crippen LogP contribution is -2.10. The molecule has 0 aliphatic carbocycles. The van der Waals surface area contributed by atoms with Gasteiger partial charge in [-0.15, -0.1) is 0 Å². The summed E-state index contributed by atoms with van der Waals surface area (Å²) < 4.78 is 22.0. The molecule has 0 spiro atoms. The molecule has 1 aromatic rings. The minimum Gasteiger partial charge on any atom is -0.394 e. The van der Waals surface area contributed by atoms with E-state index < -0.39 is 13.4 Å². The standard InChI is InChI=1S/C11H17O5P/c1-2-16-17(13,14)11(15-9-8-12)10-6-4-3-5-7-10/h3-7,11-12H,2,8-9H2,1H3,(H,13,14). The molecule has 2 N–H and O–H groups in total. The number of hydrogen-bond acceptors (Lipinski definition) is 4. The van der Waals surface area contributed by atoms with Crippen molar-refractivity contribution in [3.63, 3.8) is 0 Å². The molecule has 0 aliphatic heterocycles. The van der Waals surface area contributed by atoms with Crippen LogP contribution in [0, 0.1) is 0 Å². The Morgan fingerprint density at radius 1 is 1.35 bits per heavy atom. The zero-order chi connectivity index (χ0) is 12.7. The Kier molecular flexibility index (Phi) is 5.82. The van der Waals surface area contributed by atoms with Crippen molar-refractivity contribution in [3.8, 4) is 0 Å². The van der Waals surface area contributed by atoms with Crippen molar-refractivity contribution in [3.05, 3.63) is 35.9 Å². The first-order valence-corrected chi connectivity index (χ1v) is 7.01. The smallest absolute Gasteiger partial charge is 0.361 e. The molecule has 17 heavy (non-hydrogen) atoms. The van der Waals surface area contributed by atoms with E-state index in [0.29, 0.717) is 5.56 Å². The molecule has 6 heteroatoms. The third-order valence-corrected chi connectivity index (χ3v) is 3.73. The van der Waals surface area contributed by atoms with Gasteiger partial charge in [-0.1, -0.05) is 30.3 Å². The highest BCUT2D eigenvalue weighted by Crippen LogP contribution is 2.56. The normalized spacial score (nSPS) is 16.4. The lowest BCUT2D eigenvalue weighted by molar-refractivity contribution is 0.0517. The van der Waals surface area contributed by atoms with Gasteiger partial charge in [0.1, 0.15) is 0 Å². The van der Waals surface area contributed by atoms with E-state index in [-0.39, 0.29) is 19.8 Å². The summed E-state index contributed by atoms with van der Waals surface area (Å²) in [5.74, 6) is -1.06. The van der Waals surface area contributed by atoms with Gasteiger partial charge in [-0.25, -0.2) is 0 Å². The van der Waals surface area contributed by atoms with Gasteiger partial charge in [0.05, 0.1) is 19.8 Å². The number of rotatable bonds is 7. The van der Waals surface area contributed by atoms with Crippen molar-refractivity contribution in [2.45, 2.75) is 12.8 Å². The highest BCUT2D eigenvalue weighted by molar-refractivity contribution is 7.53. The largest absolute Gasteiger partial charge is 0.394 e. The lowest BCUT2D eigenvalue weighted by atomic mass is 10.2. The molecule has 0 fully saturated rings. The average Bonchev–Trinajstić information content (AvgIpc) is 2.30. The SMILES string of the molecule is CCOP(=O)(O)C(OCCO)c1ccccc1. The quantitative estimate of drug-likeness (QED) is 0.732. The molecule has 0 radical (unpaired) electrons. The number of ether oxygens (including phenoxy) is 1. The maximum atomic E-state index is 11.9. The van der Waals surface area contributed by atoms with Crippen LogP contribution >= 0.6 is 7.60 Å². The summed E-state index contributed by atoms with van der Waals surface area (Å²) in [5, 5.41) is 8.72. The Balaban J connectivity index is 2.91. The van der Waals surface area contributed by atoms with Crippen LogP contribution in [0.3, 0.4) is 0 Å². The second kappa shape index (κ2) is 6.89. The van der Waals surface area contributed by atoms with Gasteiger partial charge in [0.2, 0.25) is 0 Å². The molecule has 0 saturated heterocycles. The molecule has 2 atom stereocenters. The molecule has 0 amide bonds. The van der Waals surface area contributed by atoms with Crippen LogP contribution in [-0.2, 0) is 13.8 Å². The van der Waals surface area contributed by atoms with Gasteiger partial charge in [-0.2, -0.15) is 0 Å². The van der Waals surface area contributed by atoms with E-state index in [1.807, 2.05) is 0 Å². The van der Waals surface area contributed by atoms with Gasteiger partial charge < -0.3 is 19.3 Å². The van der Waals surface area contributed by atoms with Crippen LogP contribution in [0.1, 0.15) is 18.3 Å². The molecule has 0 saturated carbocycles. The van der Waals surface area contributed by atoms with E-state index in [4.69, 9.17) is 14.4 Å². The Morgan fingerprint density at radius 3 is 2.53 bits per heavy atom. The minimum atomic E-state index is -3.89. The van der Waals surface area contributed by atoms with E-state index in [1.165, 1.54) is 0 Å². The fraction of sp³-hybridized carbons (Fsp3) is 0.455. The predicted molar refractivity (Wildman–Crippen MR) is 63.7 cm³/mol. The van der Waals surface area contributed by atoms with E-state index in [1.54, 1.807) is 37.3 Å². The molecule has 0 bridgehead atoms. The molecule has 0 heterocycles. The second-order valence-corrected chi connectivity index (χ2v) is 5.19. The first kappa shape index (κ1) is 14.4. The van der Waals surface area contributed by atoms with Crippen LogP contribution in [0.5, 0.6) is 0 Å². The van der Waals surface area contributed by atoms with Gasteiger partial charge in [0, 0.05) is 0 Å². The van der Waals surface area contributed by atoms with Gasteiger partial charge in [-0.05, 0) is 12.5 Å². The van der Waals surface area contributed by atoms with E-state index in [0.717, 1.165) is 0 Å². The fourth-order valence-electron chi connectivity index (χ4n) is 1.41. The summed E-state index contributed by atoms with van der Waals surface area (Å²) in [6.45, 7) is 1.53. The molecule has 1 aromatic carbocycles. The Morgan fingerprint density at radius 2 is 2.00 bits per heavy atom. The van der Waals surface area contributed by atoms with Crippen LogP contribution in [0.4, 0.5) is 0 Å².